The van der Waals surface area contributed by atoms with Gasteiger partial charge in [0.15, 0.2) is 6.61 Å². The van der Waals surface area contributed by atoms with Crippen LogP contribution in [0.15, 0.2) is 35.7 Å². The summed E-state index contributed by atoms with van der Waals surface area (Å²) in [6.07, 6.45) is 3.59. The van der Waals surface area contributed by atoms with Crippen molar-refractivity contribution in [2.75, 3.05) is 31.6 Å². The van der Waals surface area contributed by atoms with Gasteiger partial charge in [-0.25, -0.2) is 0 Å². The van der Waals surface area contributed by atoms with Crippen molar-refractivity contribution in [1.29, 1.82) is 0 Å². The SMILES string of the molecule is CC1CCN(C(CNC(=O)COc2ccc3c(c2)CCC(=O)N3)c2cccs2)CC1. The number of nitrogens with one attached hydrogen (secondary N) is 2. The lowest BCUT2D eigenvalue weighted by atomic mass is 9.97. The Morgan fingerprint density at radius 1 is 1.30 bits per heavy atom. The van der Waals surface area contributed by atoms with Crippen molar-refractivity contribution in [3.63, 3.8) is 0 Å². The Labute approximate surface area is 181 Å². The van der Waals surface area contributed by atoms with E-state index in [1.165, 1.54) is 17.7 Å². The standard InChI is InChI=1S/C23H29N3O3S/c1-16-8-10-26(11-9-16)20(21-3-2-12-30-21)14-24-23(28)15-29-18-5-6-19-17(13-18)4-7-22(27)25-19/h2-3,5-6,12-13,16,20H,4,7-11,14-15H2,1H3,(H,24,28)(H,25,27). The maximum Gasteiger partial charge on any atom is 0.258 e. The maximum atomic E-state index is 12.4. The van der Waals surface area contributed by atoms with Gasteiger partial charge in [-0.2, -0.15) is 0 Å². The zero-order valence-electron chi connectivity index (χ0n) is 17.4. The van der Waals surface area contributed by atoms with Crippen LogP contribution >= 0.6 is 11.3 Å². The minimum atomic E-state index is -0.118. The fraction of sp³-hybridized carbons (Fsp3) is 0.478. The normalized spacial score (nSPS) is 18.4. The summed E-state index contributed by atoms with van der Waals surface area (Å²) in [4.78, 5) is 27.7. The van der Waals surface area contributed by atoms with Crippen molar-refractivity contribution in [2.45, 2.75) is 38.6 Å². The van der Waals surface area contributed by atoms with Crippen LogP contribution in [0.5, 0.6) is 5.75 Å². The molecule has 2 aromatic rings. The van der Waals surface area contributed by atoms with Crippen molar-refractivity contribution >= 4 is 28.8 Å². The van der Waals surface area contributed by atoms with Gasteiger partial charge >= 0.3 is 0 Å². The molecule has 1 aromatic carbocycles. The molecule has 2 aliphatic heterocycles. The lowest BCUT2D eigenvalue weighted by molar-refractivity contribution is -0.123. The quantitative estimate of drug-likeness (QED) is 0.708. The van der Waals surface area contributed by atoms with Gasteiger partial charge in [-0.15, -0.1) is 11.3 Å². The fourth-order valence-corrected chi connectivity index (χ4v) is 4.95. The first-order valence-corrected chi connectivity index (χ1v) is 11.6. The third-order valence-corrected chi connectivity index (χ3v) is 6.94. The number of anilines is 1. The molecule has 1 fully saturated rings. The highest BCUT2D eigenvalue weighted by atomic mass is 32.1. The van der Waals surface area contributed by atoms with E-state index in [-0.39, 0.29) is 24.5 Å². The lowest BCUT2D eigenvalue weighted by Crippen LogP contribution is -2.42. The molecule has 30 heavy (non-hydrogen) atoms. The first-order valence-electron chi connectivity index (χ1n) is 10.7. The van der Waals surface area contributed by atoms with Gasteiger partial charge in [0.05, 0.1) is 6.04 Å². The highest BCUT2D eigenvalue weighted by molar-refractivity contribution is 7.10. The molecule has 1 unspecified atom stereocenters. The Kier molecular flexibility index (Phi) is 6.69. The second kappa shape index (κ2) is 9.62. The molecule has 2 amide bonds. The lowest BCUT2D eigenvalue weighted by Gasteiger charge is -2.36. The number of piperidine rings is 1. The molecule has 1 saturated heterocycles. The highest BCUT2D eigenvalue weighted by Crippen LogP contribution is 2.29. The van der Waals surface area contributed by atoms with Crippen molar-refractivity contribution in [1.82, 2.24) is 10.2 Å². The average Bonchev–Trinajstić information content (AvgIpc) is 3.28. The summed E-state index contributed by atoms with van der Waals surface area (Å²) >= 11 is 1.75. The second-order valence-corrected chi connectivity index (χ2v) is 9.19. The van der Waals surface area contributed by atoms with E-state index in [1.807, 2.05) is 12.1 Å². The number of amides is 2. The van der Waals surface area contributed by atoms with Gasteiger partial charge < -0.3 is 15.4 Å². The van der Waals surface area contributed by atoms with Gasteiger partial charge in [0.25, 0.3) is 5.91 Å². The van der Waals surface area contributed by atoms with Crippen molar-refractivity contribution in [3.8, 4) is 5.75 Å². The molecule has 6 nitrogen and oxygen atoms in total. The van der Waals surface area contributed by atoms with Crippen LogP contribution in [0.3, 0.4) is 0 Å². The summed E-state index contributed by atoms with van der Waals surface area (Å²) in [6, 6.07) is 9.98. The number of ether oxygens (including phenoxy) is 1. The first kappa shape index (κ1) is 20.9. The van der Waals surface area contributed by atoms with Crippen LogP contribution in [0.4, 0.5) is 5.69 Å². The van der Waals surface area contributed by atoms with Gasteiger partial charge in [0.2, 0.25) is 5.91 Å². The number of benzene rings is 1. The van der Waals surface area contributed by atoms with E-state index in [2.05, 4.69) is 40.0 Å². The molecule has 0 aliphatic carbocycles. The van der Waals surface area contributed by atoms with Crippen LogP contribution < -0.4 is 15.4 Å². The molecule has 0 radical (unpaired) electrons. The molecule has 2 aliphatic rings. The number of carbonyl (C=O) groups is 2. The topological polar surface area (TPSA) is 70.7 Å². The summed E-state index contributed by atoms with van der Waals surface area (Å²) in [6.45, 7) is 5.03. The van der Waals surface area contributed by atoms with E-state index in [0.29, 0.717) is 25.1 Å². The molecule has 2 N–H and O–H groups in total. The molecule has 1 aromatic heterocycles. The van der Waals surface area contributed by atoms with Crippen molar-refractivity contribution in [3.05, 3.63) is 46.2 Å². The van der Waals surface area contributed by atoms with Gasteiger partial charge in [-0.3, -0.25) is 14.5 Å². The Hall–Kier alpha value is -2.38. The average molecular weight is 428 g/mol. The zero-order chi connectivity index (χ0) is 20.9. The van der Waals surface area contributed by atoms with E-state index in [0.717, 1.165) is 30.3 Å². The summed E-state index contributed by atoms with van der Waals surface area (Å²) in [5, 5.41) is 8.01. The summed E-state index contributed by atoms with van der Waals surface area (Å²) in [5.74, 6) is 1.35. The number of hydrogen-bond donors (Lipinski definition) is 2. The number of nitrogens with zero attached hydrogens (tertiary/aromatic N) is 1. The van der Waals surface area contributed by atoms with Crippen molar-refractivity contribution in [2.24, 2.45) is 5.92 Å². The molecule has 160 valence electrons. The minimum absolute atomic E-state index is 0.0145. The van der Waals surface area contributed by atoms with Crippen LogP contribution in [-0.2, 0) is 16.0 Å². The third kappa shape index (κ3) is 5.21. The molecule has 4 rings (SSSR count). The largest absolute Gasteiger partial charge is 0.484 e. The van der Waals surface area contributed by atoms with Crippen LogP contribution in [0.25, 0.3) is 0 Å². The molecule has 0 bridgehead atoms. The van der Waals surface area contributed by atoms with E-state index in [4.69, 9.17) is 4.74 Å². The Bertz CT molecular complexity index is 876. The smallest absolute Gasteiger partial charge is 0.258 e. The second-order valence-electron chi connectivity index (χ2n) is 8.21. The monoisotopic (exact) mass is 427 g/mol. The van der Waals surface area contributed by atoms with E-state index in [9.17, 15) is 9.59 Å². The number of carbonyl (C=O) groups excluding carboxylic acids is 2. The molecule has 7 heteroatoms. The van der Waals surface area contributed by atoms with Gasteiger partial charge in [-0.1, -0.05) is 13.0 Å². The number of likely N-dealkylation sites (tertiary alicyclic amines) is 1. The predicted octanol–water partition coefficient (Wildman–Crippen LogP) is 3.60. The minimum Gasteiger partial charge on any atom is -0.484 e. The van der Waals surface area contributed by atoms with E-state index >= 15 is 0 Å². The van der Waals surface area contributed by atoms with Crippen LogP contribution in [0.2, 0.25) is 0 Å². The molecule has 0 saturated carbocycles. The summed E-state index contributed by atoms with van der Waals surface area (Å²) in [5.41, 5.74) is 1.88. The van der Waals surface area contributed by atoms with Gasteiger partial charge in [0.1, 0.15) is 5.75 Å². The number of hydrogen-bond acceptors (Lipinski definition) is 5. The Morgan fingerprint density at radius 3 is 2.90 bits per heavy atom. The summed E-state index contributed by atoms with van der Waals surface area (Å²) < 4.78 is 5.71. The van der Waals surface area contributed by atoms with Crippen LogP contribution in [0, 0.1) is 5.92 Å². The van der Waals surface area contributed by atoms with Crippen LogP contribution in [0.1, 0.15) is 42.7 Å². The fourth-order valence-electron chi connectivity index (χ4n) is 4.09. The molecule has 3 heterocycles. The summed E-state index contributed by atoms with van der Waals surface area (Å²) in [7, 11) is 0. The third-order valence-electron chi connectivity index (χ3n) is 5.97. The molecular formula is C23H29N3O3S. The maximum absolute atomic E-state index is 12.4. The number of fused-ring (bicyclic) bond motifs is 1. The highest BCUT2D eigenvalue weighted by Gasteiger charge is 2.25. The van der Waals surface area contributed by atoms with E-state index < -0.39 is 0 Å². The molecule has 1 atom stereocenters. The zero-order valence-corrected chi connectivity index (χ0v) is 18.2. The number of thiophene rings is 1. The predicted molar refractivity (Wildman–Crippen MR) is 119 cm³/mol. The van der Waals surface area contributed by atoms with Crippen molar-refractivity contribution < 1.29 is 14.3 Å². The Balaban J connectivity index is 1.30. The Morgan fingerprint density at radius 2 is 2.13 bits per heavy atom. The molecular weight excluding hydrogens is 398 g/mol. The molecule has 0 spiro atoms. The number of rotatable bonds is 7. The van der Waals surface area contributed by atoms with E-state index in [1.54, 1.807) is 17.4 Å². The first-order chi connectivity index (χ1) is 14.6. The van der Waals surface area contributed by atoms with Crippen LogP contribution in [-0.4, -0.2) is 43.0 Å². The van der Waals surface area contributed by atoms with Gasteiger partial charge in [-0.05, 0) is 73.5 Å². The number of aryl methyl sites for hydroxylation is 1. The van der Waals surface area contributed by atoms with Gasteiger partial charge in [0, 0.05) is 23.5 Å².